The van der Waals surface area contributed by atoms with Crippen molar-refractivity contribution in [3.8, 4) is 22.6 Å². The highest BCUT2D eigenvalue weighted by molar-refractivity contribution is 7.14. The van der Waals surface area contributed by atoms with E-state index in [9.17, 15) is 0 Å². The highest BCUT2D eigenvalue weighted by Crippen LogP contribution is 2.26. The predicted molar refractivity (Wildman–Crippen MR) is 104 cm³/mol. The highest BCUT2D eigenvalue weighted by Gasteiger charge is 2.10. The average molecular weight is 349 g/mol. The zero-order valence-corrected chi connectivity index (χ0v) is 14.8. The highest BCUT2D eigenvalue weighted by atomic mass is 32.1. The largest absolute Gasteiger partial charge is 0.356 e. The molecular weight excluding hydrogens is 330 g/mol. The van der Waals surface area contributed by atoms with E-state index in [2.05, 4.69) is 51.8 Å². The second kappa shape index (κ2) is 7.03. The fourth-order valence-corrected chi connectivity index (χ4v) is 3.41. The number of hydrogen-bond donors (Lipinski definition) is 2. The van der Waals surface area contributed by atoms with Gasteiger partial charge in [-0.2, -0.15) is 0 Å². The predicted octanol–water partition coefficient (Wildman–Crippen LogP) is 3.94. The summed E-state index contributed by atoms with van der Waals surface area (Å²) in [5, 5.41) is 9.33. The number of anilines is 1. The summed E-state index contributed by atoms with van der Waals surface area (Å²) in [4.78, 5) is 13.9. The van der Waals surface area contributed by atoms with Crippen LogP contribution in [-0.2, 0) is 0 Å². The molecule has 2 aromatic heterocycles. The van der Waals surface area contributed by atoms with E-state index in [0.29, 0.717) is 0 Å². The van der Waals surface area contributed by atoms with Crippen LogP contribution in [0.4, 0.5) is 5.13 Å². The molecule has 2 N–H and O–H groups in total. The van der Waals surface area contributed by atoms with Crippen LogP contribution in [-0.4, -0.2) is 29.0 Å². The van der Waals surface area contributed by atoms with E-state index >= 15 is 0 Å². The number of guanidine groups is 1. The van der Waals surface area contributed by atoms with Crippen molar-refractivity contribution < 1.29 is 0 Å². The van der Waals surface area contributed by atoms with E-state index < -0.39 is 0 Å². The summed E-state index contributed by atoms with van der Waals surface area (Å²) in [5.74, 6) is 0.800. The van der Waals surface area contributed by atoms with Crippen LogP contribution in [0.15, 0.2) is 52.8 Å². The number of nitrogens with zero attached hydrogens (tertiary/aromatic N) is 3. The molecule has 25 heavy (non-hydrogen) atoms. The standard InChI is InChI=1S/C19H19N5S/c1-13-5-2-6-14(11-13)15-7-3-8-16(22-15)17-12-25-19(23-17)24-18-20-9-4-10-21-18/h2-3,5-8,11-12H,4,9-10H2,1H3,(H2,20,21,23,24). The zero-order chi connectivity index (χ0) is 17.1. The molecule has 3 aromatic rings. The van der Waals surface area contributed by atoms with Crippen molar-refractivity contribution in [1.82, 2.24) is 15.3 Å². The van der Waals surface area contributed by atoms with E-state index in [1.165, 1.54) is 5.56 Å². The first-order chi connectivity index (χ1) is 12.3. The summed E-state index contributed by atoms with van der Waals surface area (Å²) in [5.41, 5.74) is 5.06. The number of aryl methyl sites for hydroxylation is 1. The molecule has 1 aromatic carbocycles. The lowest BCUT2D eigenvalue weighted by molar-refractivity contribution is 0.740. The first-order valence-electron chi connectivity index (χ1n) is 8.33. The lowest BCUT2D eigenvalue weighted by Crippen LogP contribution is -2.35. The van der Waals surface area contributed by atoms with Crippen LogP contribution < -0.4 is 10.6 Å². The third kappa shape index (κ3) is 3.69. The minimum absolute atomic E-state index is 0.800. The normalized spacial score (nSPS) is 13.9. The molecule has 0 spiro atoms. The topological polar surface area (TPSA) is 62.2 Å². The van der Waals surface area contributed by atoms with E-state index in [0.717, 1.165) is 53.2 Å². The van der Waals surface area contributed by atoms with Crippen molar-refractivity contribution in [3.63, 3.8) is 0 Å². The fraction of sp³-hybridized carbons (Fsp3) is 0.211. The molecule has 0 atom stereocenters. The molecule has 3 heterocycles. The van der Waals surface area contributed by atoms with Crippen LogP contribution in [0.5, 0.6) is 0 Å². The number of aromatic nitrogens is 2. The Hall–Kier alpha value is -2.73. The SMILES string of the molecule is Cc1cccc(-c2cccc(-c3csc(NC4=NCCCN4)n3)n2)c1. The Bertz CT molecular complexity index is 915. The maximum atomic E-state index is 4.79. The maximum Gasteiger partial charge on any atom is 0.197 e. The maximum absolute atomic E-state index is 4.79. The van der Waals surface area contributed by atoms with E-state index in [4.69, 9.17) is 4.98 Å². The smallest absolute Gasteiger partial charge is 0.197 e. The van der Waals surface area contributed by atoms with Gasteiger partial charge in [-0.05, 0) is 31.5 Å². The molecule has 126 valence electrons. The number of hydrogen-bond acceptors (Lipinski definition) is 6. The van der Waals surface area contributed by atoms with Gasteiger partial charge in [0.05, 0.1) is 11.4 Å². The number of nitrogens with one attached hydrogen (secondary N) is 2. The van der Waals surface area contributed by atoms with Crippen molar-refractivity contribution >= 4 is 22.4 Å². The van der Waals surface area contributed by atoms with E-state index in [-0.39, 0.29) is 0 Å². The third-order valence-electron chi connectivity index (χ3n) is 3.95. The van der Waals surface area contributed by atoms with Crippen LogP contribution in [0.2, 0.25) is 0 Å². The molecule has 4 rings (SSSR count). The summed E-state index contributed by atoms with van der Waals surface area (Å²) in [7, 11) is 0. The Morgan fingerprint density at radius 2 is 1.92 bits per heavy atom. The number of pyridine rings is 1. The summed E-state index contributed by atoms with van der Waals surface area (Å²) < 4.78 is 0. The molecular formula is C19H19N5S. The van der Waals surface area contributed by atoms with Gasteiger partial charge in [0.2, 0.25) is 0 Å². The molecule has 1 aliphatic heterocycles. The molecule has 0 radical (unpaired) electrons. The van der Waals surface area contributed by atoms with Gasteiger partial charge in [-0.15, -0.1) is 11.3 Å². The van der Waals surface area contributed by atoms with E-state index in [1.807, 2.05) is 23.6 Å². The Morgan fingerprint density at radius 3 is 2.76 bits per heavy atom. The lowest BCUT2D eigenvalue weighted by atomic mass is 10.1. The Balaban J connectivity index is 1.58. The van der Waals surface area contributed by atoms with Crippen LogP contribution in [0.3, 0.4) is 0 Å². The second-order valence-electron chi connectivity index (χ2n) is 5.95. The molecule has 0 amide bonds. The minimum atomic E-state index is 0.800. The fourth-order valence-electron chi connectivity index (χ4n) is 2.71. The van der Waals surface area contributed by atoms with Gasteiger partial charge >= 0.3 is 0 Å². The molecule has 0 bridgehead atoms. The van der Waals surface area contributed by atoms with Crippen molar-refractivity contribution in [3.05, 3.63) is 53.4 Å². The van der Waals surface area contributed by atoms with Crippen LogP contribution >= 0.6 is 11.3 Å². The Morgan fingerprint density at radius 1 is 1.04 bits per heavy atom. The number of aliphatic imine (C=N–C) groups is 1. The molecule has 1 aliphatic rings. The second-order valence-corrected chi connectivity index (χ2v) is 6.81. The van der Waals surface area contributed by atoms with Gasteiger partial charge in [0, 0.05) is 24.0 Å². The van der Waals surface area contributed by atoms with E-state index in [1.54, 1.807) is 11.3 Å². The van der Waals surface area contributed by atoms with Gasteiger partial charge < -0.3 is 10.6 Å². The van der Waals surface area contributed by atoms with Gasteiger partial charge in [0.15, 0.2) is 11.1 Å². The summed E-state index contributed by atoms with van der Waals surface area (Å²) >= 11 is 1.56. The van der Waals surface area contributed by atoms with Gasteiger partial charge in [-0.1, -0.05) is 29.8 Å². The Labute approximate surface area is 150 Å². The first-order valence-corrected chi connectivity index (χ1v) is 9.21. The summed E-state index contributed by atoms with van der Waals surface area (Å²) in [6.07, 6.45) is 1.07. The quantitative estimate of drug-likeness (QED) is 0.752. The van der Waals surface area contributed by atoms with Crippen molar-refractivity contribution in [2.75, 3.05) is 18.4 Å². The molecule has 6 heteroatoms. The minimum Gasteiger partial charge on any atom is -0.356 e. The number of rotatable bonds is 3. The lowest BCUT2D eigenvalue weighted by Gasteiger charge is -2.14. The zero-order valence-electron chi connectivity index (χ0n) is 14.0. The molecule has 0 fully saturated rings. The van der Waals surface area contributed by atoms with Crippen LogP contribution in [0, 0.1) is 6.92 Å². The Kier molecular flexibility index (Phi) is 4.43. The number of thiazole rings is 1. The van der Waals surface area contributed by atoms with Crippen LogP contribution in [0.1, 0.15) is 12.0 Å². The monoisotopic (exact) mass is 349 g/mol. The van der Waals surface area contributed by atoms with Crippen molar-refractivity contribution in [2.24, 2.45) is 4.99 Å². The molecule has 5 nitrogen and oxygen atoms in total. The van der Waals surface area contributed by atoms with Crippen molar-refractivity contribution in [1.29, 1.82) is 0 Å². The van der Waals surface area contributed by atoms with Gasteiger partial charge in [-0.25, -0.2) is 9.97 Å². The summed E-state index contributed by atoms with van der Waals surface area (Å²) in [6, 6.07) is 14.4. The van der Waals surface area contributed by atoms with Crippen LogP contribution in [0.25, 0.3) is 22.6 Å². The molecule has 0 unspecified atom stereocenters. The summed E-state index contributed by atoms with van der Waals surface area (Å²) in [6.45, 7) is 3.89. The molecule has 0 saturated heterocycles. The van der Waals surface area contributed by atoms with Crippen molar-refractivity contribution in [2.45, 2.75) is 13.3 Å². The molecule has 0 saturated carbocycles. The molecule has 0 aliphatic carbocycles. The first kappa shape index (κ1) is 15.8. The van der Waals surface area contributed by atoms with Gasteiger partial charge in [0.1, 0.15) is 5.69 Å². The van der Waals surface area contributed by atoms with Gasteiger partial charge in [-0.3, -0.25) is 4.99 Å². The number of benzene rings is 1. The van der Waals surface area contributed by atoms with Gasteiger partial charge in [0.25, 0.3) is 0 Å². The average Bonchev–Trinajstić information content (AvgIpc) is 3.11. The third-order valence-corrected chi connectivity index (χ3v) is 4.71.